The maximum absolute atomic E-state index is 12.4. The summed E-state index contributed by atoms with van der Waals surface area (Å²) in [5.41, 5.74) is 2.65. The Morgan fingerprint density at radius 2 is 1.66 bits per heavy atom. The lowest BCUT2D eigenvalue weighted by Gasteiger charge is -2.17. The molecule has 0 saturated carbocycles. The maximum Gasteiger partial charge on any atom is 0.490 e. The molecule has 0 aliphatic carbocycles. The molecule has 0 spiro atoms. The lowest BCUT2D eigenvalue weighted by atomic mass is 9.98. The second-order valence-electron chi connectivity index (χ2n) is 8.06. The van der Waals surface area contributed by atoms with E-state index in [2.05, 4.69) is 4.90 Å². The number of benzene rings is 2. The van der Waals surface area contributed by atoms with E-state index in [1.165, 1.54) is 12.8 Å². The highest BCUT2D eigenvalue weighted by molar-refractivity contribution is 5.97. The number of carboxylic acids is 2. The second-order valence-corrected chi connectivity index (χ2v) is 8.06. The number of carboxylic acid groups (broad SMARTS) is 2. The van der Waals surface area contributed by atoms with E-state index >= 15 is 0 Å². The van der Waals surface area contributed by atoms with Crippen LogP contribution < -0.4 is 14.4 Å². The van der Waals surface area contributed by atoms with Gasteiger partial charge in [0.15, 0.2) is 12.4 Å². The maximum atomic E-state index is 12.4. The summed E-state index contributed by atoms with van der Waals surface area (Å²) in [6, 6.07) is 13.0. The van der Waals surface area contributed by atoms with Crippen molar-refractivity contribution in [3.8, 4) is 11.5 Å². The topological polar surface area (TPSA) is 113 Å². The molecule has 11 heteroatoms. The molecule has 0 radical (unpaired) electrons. The van der Waals surface area contributed by atoms with Crippen LogP contribution in [0.15, 0.2) is 42.5 Å². The van der Waals surface area contributed by atoms with Gasteiger partial charge in [-0.25, -0.2) is 4.79 Å². The molecular formula is C24H24F3NO7. The fourth-order valence-corrected chi connectivity index (χ4v) is 3.79. The zero-order valence-electron chi connectivity index (χ0n) is 18.6. The predicted molar refractivity (Wildman–Crippen MR) is 118 cm³/mol. The Labute approximate surface area is 198 Å². The summed E-state index contributed by atoms with van der Waals surface area (Å²) in [7, 11) is 0. The average molecular weight is 495 g/mol. The van der Waals surface area contributed by atoms with Crippen molar-refractivity contribution in [1.82, 2.24) is 0 Å². The number of Topliss-reactive ketones (excluding diaryl/α,β-unsaturated/α-hetero) is 1. The lowest BCUT2D eigenvalue weighted by molar-refractivity contribution is -0.192. The molecule has 1 saturated heterocycles. The summed E-state index contributed by atoms with van der Waals surface area (Å²) in [6.07, 6.45) is -2.61. The monoisotopic (exact) mass is 495 g/mol. The standard InChI is InChI=1S/C22H23NO5.C2HF3O2/c24-20(15-3-5-17(6-4-15)23-9-1-2-10-23)14-27-18-7-8-19-16(11-22(25)26)13-28-21(19)12-18;3-2(4,5)1(6)7/h3-8,12,16H,1-2,9-11,13-14H2,(H,25,26);(H,6,7). The van der Waals surface area contributed by atoms with Crippen molar-refractivity contribution in [2.24, 2.45) is 0 Å². The van der Waals surface area contributed by atoms with Gasteiger partial charge in [-0.15, -0.1) is 0 Å². The normalized spacial score (nSPS) is 16.5. The van der Waals surface area contributed by atoms with Crippen LogP contribution in [0.25, 0.3) is 0 Å². The first kappa shape index (κ1) is 25.9. The molecule has 0 bridgehead atoms. The first-order valence-electron chi connectivity index (χ1n) is 10.8. The van der Waals surface area contributed by atoms with Gasteiger partial charge in [0, 0.05) is 41.9 Å². The van der Waals surface area contributed by atoms with E-state index in [-0.39, 0.29) is 24.7 Å². The molecule has 2 heterocycles. The van der Waals surface area contributed by atoms with Gasteiger partial charge in [0.25, 0.3) is 0 Å². The van der Waals surface area contributed by atoms with Crippen molar-refractivity contribution in [2.75, 3.05) is 31.2 Å². The van der Waals surface area contributed by atoms with Crippen LogP contribution in [0, 0.1) is 0 Å². The van der Waals surface area contributed by atoms with E-state index in [9.17, 15) is 22.8 Å². The van der Waals surface area contributed by atoms with Crippen LogP contribution in [0.3, 0.4) is 0 Å². The lowest BCUT2D eigenvalue weighted by Crippen LogP contribution is -2.21. The molecule has 2 aliphatic heterocycles. The van der Waals surface area contributed by atoms with E-state index in [0.29, 0.717) is 23.7 Å². The zero-order chi connectivity index (χ0) is 25.6. The third-order valence-electron chi connectivity index (χ3n) is 5.56. The number of halogens is 3. The summed E-state index contributed by atoms with van der Waals surface area (Å²) >= 11 is 0. The first-order chi connectivity index (χ1) is 16.5. The van der Waals surface area contributed by atoms with E-state index in [4.69, 9.17) is 24.5 Å². The Morgan fingerprint density at radius 1 is 1.03 bits per heavy atom. The molecule has 1 atom stereocenters. The Bertz CT molecular complexity index is 1060. The molecular weight excluding hydrogens is 471 g/mol. The highest BCUT2D eigenvalue weighted by atomic mass is 19.4. The summed E-state index contributed by atoms with van der Waals surface area (Å²) in [4.78, 5) is 34.6. The summed E-state index contributed by atoms with van der Waals surface area (Å²) < 4.78 is 42.9. The number of aliphatic carboxylic acids is 2. The van der Waals surface area contributed by atoms with Gasteiger partial charge in [-0.1, -0.05) is 6.07 Å². The van der Waals surface area contributed by atoms with Crippen molar-refractivity contribution >= 4 is 23.4 Å². The number of alkyl halides is 3. The van der Waals surface area contributed by atoms with Crippen LogP contribution in [0.2, 0.25) is 0 Å². The van der Waals surface area contributed by atoms with Gasteiger partial charge in [0.2, 0.25) is 0 Å². The van der Waals surface area contributed by atoms with Crippen LogP contribution in [0.4, 0.5) is 18.9 Å². The fraction of sp³-hybridized carbons (Fsp3) is 0.375. The van der Waals surface area contributed by atoms with Crippen molar-refractivity contribution in [3.63, 3.8) is 0 Å². The average Bonchev–Trinajstić information content (AvgIpc) is 3.47. The highest BCUT2D eigenvalue weighted by Crippen LogP contribution is 2.38. The Kier molecular flexibility index (Phi) is 8.21. The summed E-state index contributed by atoms with van der Waals surface area (Å²) in [6.45, 7) is 2.45. The molecule has 1 fully saturated rings. The van der Waals surface area contributed by atoms with Gasteiger partial charge in [-0.05, 0) is 43.2 Å². The minimum atomic E-state index is -5.08. The first-order valence-corrected chi connectivity index (χ1v) is 10.8. The zero-order valence-corrected chi connectivity index (χ0v) is 18.6. The highest BCUT2D eigenvalue weighted by Gasteiger charge is 2.38. The smallest absolute Gasteiger partial charge is 0.490 e. The minimum absolute atomic E-state index is 0.0408. The van der Waals surface area contributed by atoms with Crippen LogP contribution in [0.1, 0.15) is 41.1 Å². The number of ether oxygens (including phenoxy) is 2. The van der Waals surface area contributed by atoms with Crippen molar-refractivity contribution in [1.29, 1.82) is 0 Å². The third kappa shape index (κ3) is 7.11. The number of fused-ring (bicyclic) bond motifs is 1. The molecule has 0 amide bonds. The fourth-order valence-electron chi connectivity index (χ4n) is 3.79. The number of nitrogens with zero attached hydrogens (tertiary/aromatic N) is 1. The number of rotatable bonds is 7. The van der Waals surface area contributed by atoms with Gasteiger partial charge in [0.05, 0.1) is 13.0 Å². The number of carbonyl (C=O) groups excluding carboxylic acids is 1. The molecule has 4 rings (SSSR count). The molecule has 2 aromatic carbocycles. The van der Waals surface area contributed by atoms with E-state index < -0.39 is 18.1 Å². The molecule has 1 unspecified atom stereocenters. The molecule has 35 heavy (non-hydrogen) atoms. The quantitative estimate of drug-likeness (QED) is 0.552. The van der Waals surface area contributed by atoms with Gasteiger partial charge < -0.3 is 24.6 Å². The van der Waals surface area contributed by atoms with Crippen LogP contribution in [0.5, 0.6) is 11.5 Å². The molecule has 2 N–H and O–H groups in total. The number of ketones is 1. The van der Waals surface area contributed by atoms with Gasteiger partial charge in [-0.2, -0.15) is 13.2 Å². The number of carbonyl (C=O) groups is 3. The molecule has 8 nitrogen and oxygen atoms in total. The van der Waals surface area contributed by atoms with E-state index in [0.717, 1.165) is 24.3 Å². The summed E-state index contributed by atoms with van der Waals surface area (Å²) in [5.74, 6) is -2.66. The van der Waals surface area contributed by atoms with Crippen LogP contribution in [-0.2, 0) is 9.59 Å². The van der Waals surface area contributed by atoms with Crippen LogP contribution in [-0.4, -0.2) is 60.4 Å². The van der Waals surface area contributed by atoms with Gasteiger partial charge in [0.1, 0.15) is 11.5 Å². The number of hydrogen-bond acceptors (Lipinski definition) is 6. The van der Waals surface area contributed by atoms with Gasteiger partial charge in [-0.3, -0.25) is 9.59 Å². The molecule has 2 aromatic rings. The number of hydrogen-bond donors (Lipinski definition) is 2. The van der Waals surface area contributed by atoms with E-state index in [1.807, 2.05) is 30.3 Å². The predicted octanol–water partition coefficient (Wildman–Crippen LogP) is 4.13. The molecule has 2 aliphatic rings. The van der Waals surface area contributed by atoms with Crippen LogP contribution >= 0.6 is 0 Å². The van der Waals surface area contributed by atoms with E-state index in [1.54, 1.807) is 12.1 Å². The summed E-state index contributed by atoms with van der Waals surface area (Å²) in [5, 5.41) is 16.1. The Balaban J connectivity index is 0.000000429. The van der Waals surface area contributed by atoms with Crippen molar-refractivity contribution in [3.05, 3.63) is 53.6 Å². The van der Waals surface area contributed by atoms with Crippen molar-refractivity contribution < 1.29 is 47.2 Å². The Hall–Kier alpha value is -3.76. The number of anilines is 1. The molecule has 188 valence electrons. The second kappa shape index (κ2) is 11.1. The molecule has 0 aromatic heterocycles. The third-order valence-corrected chi connectivity index (χ3v) is 5.56. The minimum Gasteiger partial charge on any atom is -0.492 e. The van der Waals surface area contributed by atoms with Crippen molar-refractivity contribution in [2.45, 2.75) is 31.4 Å². The largest absolute Gasteiger partial charge is 0.492 e. The Morgan fingerprint density at radius 3 is 2.23 bits per heavy atom. The SMILES string of the molecule is O=C(O)C(F)(F)F.O=C(O)CC1COc2cc(OCC(=O)c3ccc(N4CCCC4)cc3)ccc21. The van der Waals surface area contributed by atoms with Gasteiger partial charge >= 0.3 is 18.1 Å².